The number of nitrogens with zero attached hydrogens (tertiary/aromatic N) is 1. The topological polar surface area (TPSA) is 94.2 Å². The summed E-state index contributed by atoms with van der Waals surface area (Å²) in [7, 11) is 0. The standard InChI is InChI=1S/C19H22N2O6/c1-11(18(23)20-13-2-3-13)27-19(24)12-8-17(22)21(10-12)14-4-5-15-16(9-14)26-7-6-25-15/h4-5,9,11-13H,2-3,6-8,10H2,1H3,(H,20,23)/t11-,12+/m0/s1. The molecule has 2 atom stereocenters. The first kappa shape index (κ1) is 17.6. The lowest BCUT2D eigenvalue weighted by Gasteiger charge is -2.22. The maximum atomic E-state index is 12.4. The second-order valence-electron chi connectivity index (χ2n) is 7.10. The van der Waals surface area contributed by atoms with Crippen molar-refractivity contribution >= 4 is 23.5 Å². The zero-order valence-electron chi connectivity index (χ0n) is 15.1. The van der Waals surface area contributed by atoms with Gasteiger partial charge < -0.3 is 24.4 Å². The van der Waals surface area contributed by atoms with Crippen LogP contribution in [-0.4, -0.2) is 49.7 Å². The van der Waals surface area contributed by atoms with Crippen LogP contribution in [0.3, 0.4) is 0 Å². The van der Waals surface area contributed by atoms with Crippen LogP contribution in [-0.2, 0) is 19.1 Å². The average Bonchev–Trinajstić information content (AvgIpc) is 3.39. The number of esters is 1. The van der Waals surface area contributed by atoms with E-state index in [9.17, 15) is 14.4 Å². The SMILES string of the molecule is C[C@H](OC(=O)[C@@H]1CC(=O)N(c2ccc3c(c2)OCCO3)C1)C(=O)NC1CC1. The summed E-state index contributed by atoms with van der Waals surface area (Å²) in [4.78, 5) is 38.3. The quantitative estimate of drug-likeness (QED) is 0.774. The number of benzene rings is 1. The van der Waals surface area contributed by atoms with Gasteiger partial charge in [-0.2, -0.15) is 0 Å². The highest BCUT2D eigenvalue weighted by atomic mass is 16.6. The number of carbonyl (C=O) groups is 3. The number of carbonyl (C=O) groups excluding carboxylic acids is 3. The summed E-state index contributed by atoms with van der Waals surface area (Å²) in [5, 5.41) is 2.80. The number of nitrogens with one attached hydrogen (secondary N) is 1. The lowest BCUT2D eigenvalue weighted by molar-refractivity contribution is -0.158. The molecular weight excluding hydrogens is 352 g/mol. The van der Waals surface area contributed by atoms with Crippen molar-refractivity contribution in [1.29, 1.82) is 0 Å². The van der Waals surface area contributed by atoms with E-state index < -0.39 is 18.0 Å². The van der Waals surface area contributed by atoms with Crippen LogP contribution < -0.4 is 19.7 Å². The minimum atomic E-state index is -0.864. The molecule has 1 N–H and O–H groups in total. The molecule has 27 heavy (non-hydrogen) atoms. The van der Waals surface area contributed by atoms with Crippen molar-refractivity contribution in [2.24, 2.45) is 5.92 Å². The van der Waals surface area contributed by atoms with Gasteiger partial charge in [0, 0.05) is 30.8 Å². The van der Waals surface area contributed by atoms with Gasteiger partial charge in [0.2, 0.25) is 5.91 Å². The van der Waals surface area contributed by atoms with E-state index in [1.807, 2.05) is 0 Å². The van der Waals surface area contributed by atoms with E-state index in [0.717, 1.165) is 12.8 Å². The molecule has 1 aromatic carbocycles. The van der Waals surface area contributed by atoms with Gasteiger partial charge in [-0.3, -0.25) is 14.4 Å². The lowest BCUT2D eigenvalue weighted by Crippen LogP contribution is -2.38. The Morgan fingerprint density at radius 1 is 1.22 bits per heavy atom. The van der Waals surface area contributed by atoms with Crippen molar-refractivity contribution in [3.63, 3.8) is 0 Å². The molecule has 144 valence electrons. The Morgan fingerprint density at radius 2 is 1.96 bits per heavy atom. The summed E-state index contributed by atoms with van der Waals surface area (Å²) in [6.07, 6.45) is 1.13. The first-order chi connectivity index (χ1) is 13.0. The van der Waals surface area contributed by atoms with Gasteiger partial charge in [-0.05, 0) is 31.9 Å². The van der Waals surface area contributed by atoms with Crippen molar-refractivity contribution in [3.8, 4) is 11.5 Å². The van der Waals surface area contributed by atoms with E-state index in [4.69, 9.17) is 14.2 Å². The molecule has 0 unspecified atom stereocenters. The highest BCUT2D eigenvalue weighted by Crippen LogP contribution is 2.36. The number of anilines is 1. The predicted molar refractivity (Wildman–Crippen MR) is 94.6 cm³/mol. The van der Waals surface area contributed by atoms with Crippen molar-refractivity contribution in [3.05, 3.63) is 18.2 Å². The monoisotopic (exact) mass is 374 g/mol. The fraction of sp³-hybridized carbons (Fsp3) is 0.526. The average molecular weight is 374 g/mol. The predicted octanol–water partition coefficient (Wildman–Crippen LogP) is 1.02. The molecule has 1 aliphatic carbocycles. The molecule has 2 amide bonds. The van der Waals surface area contributed by atoms with Crippen LogP contribution in [0.1, 0.15) is 26.2 Å². The number of rotatable bonds is 5. The molecule has 4 rings (SSSR count). The van der Waals surface area contributed by atoms with Crippen LogP contribution in [0.25, 0.3) is 0 Å². The molecule has 8 nitrogen and oxygen atoms in total. The number of hydrogen-bond acceptors (Lipinski definition) is 6. The first-order valence-corrected chi connectivity index (χ1v) is 9.22. The minimum Gasteiger partial charge on any atom is -0.486 e. The molecule has 1 saturated carbocycles. The van der Waals surface area contributed by atoms with Crippen molar-refractivity contribution in [2.45, 2.75) is 38.3 Å². The van der Waals surface area contributed by atoms with Crippen LogP contribution in [0, 0.1) is 5.92 Å². The minimum absolute atomic E-state index is 0.0598. The van der Waals surface area contributed by atoms with Gasteiger partial charge in [0.25, 0.3) is 5.91 Å². The van der Waals surface area contributed by atoms with Gasteiger partial charge in [-0.25, -0.2) is 0 Å². The van der Waals surface area contributed by atoms with E-state index in [0.29, 0.717) is 30.4 Å². The fourth-order valence-corrected chi connectivity index (χ4v) is 3.19. The zero-order valence-corrected chi connectivity index (χ0v) is 15.1. The Kier molecular flexibility index (Phi) is 4.63. The number of fused-ring (bicyclic) bond motifs is 1. The summed E-state index contributed by atoms with van der Waals surface area (Å²) >= 11 is 0. The zero-order chi connectivity index (χ0) is 19.0. The molecule has 1 aromatic rings. The first-order valence-electron chi connectivity index (χ1n) is 9.22. The Balaban J connectivity index is 1.38. The van der Waals surface area contributed by atoms with Gasteiger partial charge >= 0.3 is 5.97 Å². The third-order valence-corrected chi connectivity index (χ3v) is 4.88. The van der Waals surface area contributed by atoms with E-state index in [-0.39, 0.29) is 30.8 Å². The molecule has 8 heteroatoms. The van der Waals surface area contributed by atoms with Gasteiger partial charge in [0.05, 0.1) is 5.92 Å². The second kappa shape index (κ2) is 7.09. The molecule has 0 spiro atoms. The second-order valence-corrected chi connectivity index (χ2v) is 7.10. The maximum Gasteiger partial charge on any atom is 0.312 e. The summed E-state index contributed by atoms with van der Waals surface area (Å²) in [6, 6.07) is 5.47. The number of amides is 2. The molecule has 2 heterocycles. The molecule has 1 saturated heterocycles. The van der Waals surface area contributed by atoms with Crippen LogP contribution in [0.5, 0.6) is 11.5 Å². The van der Waals surface area contributed by atoms with Gasteiger partial charge in [-0.1, -0.05) is 0 Å². The highest BCUT2D eigenvalue weighted by Gasteiger charge is 2.38. The van der Waals surface area contributed by atoms with Gasteiger partial charge in [-0.15, -0.1) is 0 Å². The summed E-state index contributed by atoms with van der Waals surface area (Å²) in [6.45, 7) is 2.72. The molecule has 0 bridgehead atoms. The van der Waals surface area contributed by atoms with Crippen LogP contribution in [0.2, 0.25) is 0 Å². The molecule has 2 fully saturated rings. The fourth-order valence-electron chi connectivity index (χ4n) is 3.19. The maximum absolute atomic E-state index is 12.4. The number of hydrogen-bond donors (Lipinski definition) is 1. The van der Waals surface area contributed by atoms with Gasteiger partial charge in [0.1, 0.15) is 13.2 Å². The van der Waals surface area contributed by atoms with E-state index in [1.54, 1.807) is 30.0 Å². The van der Waals surface area contributed by atoms with Crippen LogP contribution >= 0.6 is 0 Å². The molecule has 0 radical (unpaired) electrons. The Morgan fingerprint density at radius 3 is 2.70 bits per heavy atom. The molecule has 0 aromatic heterocycles. The molecule has 2 aliphatic heterocycles. The van der Waals surface area contributed by atoms with Crippen molar-refractivity contribution in [1.82, 2.24) is 5.32 Å². The Hall–Kier alpha value is -2.77. The third kappa shape index (κ3) is 3.84. The summed E-state index contributed by atoms with van der Waals surface area (Å²) in [5.74, 6) is -0.350. The smallest absolute Gasteiger partial charge is 0.312 e. The normalized spacial score (nSPS) is 22.3. The molecule has 3 aliphatic rings. The lowest BCUT2D eigenvalue weighted by atomic mass is 10.1. The highest BCUT2D eigenvalue weighted by molar-refractivity contribution is 6.00. The van der Waals surface area contributed by atoms with Gasteiger partial charge in [0.15, 0.2) is 17.6 Å². The van der Waals surface area contributed by atoms with Crippen LogP contribution in [0.4, 0.5) is 5.69 Å². The molecular formula is C19H22N2O6. The Labute approximate surface area is 156 Å². The van der Waals surface area contributed by atoms with Crippen molar-refractivity contribution in [2.75, 3.05) is 24.7 Å². The summed E-state index contributed by atoms with van der Waals surface area (Å²) in [5.41, 5.74) is 0.652. The van der Waals surface area contributed by atoms with E-state index >= 15 is 0 Å². The van der Waals surface area contributed by atoms with Crippen molar-refractivity contribution < 1.29 is 28.6 Å². The van der Waals surface area contributed by atoms with E-state index in [2.05, 4.69) is 5.32 Å². The summed E-state index contributed by atoms with van der Waals surface area (Å²) < 4.78 is 16.3. The Bertz CT molecular complexity index is 775. The third-order valence-electron chi connectivity index (χ3n) is 4.88. The largest absolute Gasteiger partial charge is 0.486 e. The van der Waals surface area contributed by atoms with Crippen LogP contribution in [0.15, 0.2) is 18.2 Å². The number of ether oxygens (including phenoxy) is 3. The van der Waals surface area contributed by atoms with E-state index in [1.165, 1.54) is 0 Å².